The highest BCUT2D eigenvalue weighted by atomic mass is 19.1. The Kier molecular flexibility index (Phi) is 4.50. The number of hydrogen-bond donors (Lipinski definition) is 4. The Balaban J connectivity index is 1.58. The van der Waals surface area contributed by atoms with Crippen molar-refractivity contribution >= 4 is 11.6 Å². The van der Waals surface area contributed by atoms with E-state index in [1.165, 1.54) is 18.2 Å². The fourth-order valence-corrected chi connectivity index (χ4v) is 2.33. The van der Waals surface area contributed by atoms with Crippen molar-refractivity contribution in [3.63, 3.8) is 0 Å². The molecule has 23 heavy (non-hydrogen) atoms. The molecule has 2 aromatic carbocycles. The number of nitrogens with one attached hydrogen (secondary N) is 4. The minimum atomic E-state index is -0.635. The molecule has 1 fully saturated rings. The summed E-state index contributed by atoms with van der Waals surface area (Å²) in [7, 11) is 0. The van der Waals surface area contributed by atoms with Gasteiger partial charge in [-0.2, -0.15) is 0 Å². The van der Waals surface area contributed by atoms with Crippen molar-refractivity contribution in [3.8, 4) is 0 Å². The second kappa shape index (κ2) is 6.72. The number of carbonyl (C=O) groups is 1. The third kappa shape index (κ3) is 3.82. The van der Waals surface area contributed by atoms with Crippen LogP contribution in [0.15, 0.2) is 48.5 Å². The highest BCUT2D eigenvalue weighted by molar-refractivity contribution is 5.83. The number of hydrazine groups is 1. The third-order valence-corrected chi connectivity index (χ3v) is 3.53. The van der Waals surface area contributed by atoms with Gasteiger partial charge in [-0.05, 0) is 36.2 Å². The molecule has 0 saturated carbocycles. The molecule has 1 heterocycles. The zero-order valence-electron chi connectivity index (χ0n) is 12.1. The minimum absolute atomic E-state index is 0.234. The smallest absolute Gasteiger partial charge is 0.241 e. The minimum Gasteiger partial charge on any atom is -0.350 e. The standard InChI is InChI=1S/C16H16F2N4O/c17-11-7-5-10(6-8-11)9-14-15(23)20-16(22-21-14)19-13-4-2-1-3-12(13)18/h1-8,14,16,19,21-22H,9H2,(H,20,23). The summed E-state index contributed by atoms with van der Waals surface area (Å²) in [4.78, 5) is 12.1. The lowest BCUT2D eigenvalue weighted by Gasteiger charge is -2.32. The molecular formula is C16H16F2N4O. The maximum Gasteiger partial charge on any atom is 0.241 e. The number of anilines is 1. The summed E-state index contributed by atoms with van der Waals surface area (Å²) >= 11 is 0. The second-order valence-electron chi connectivity index (χ2n) is 5.24. The van der Waals surface area contributed by atoms with Crippen LogP contribution in [-0.2, 0) is 11.2 Å². The normalized spacial score (nSPS) is 20.9. The van der Waals surface area contributed by atoms with Gasteiger partial charge in [-0.25, -0.2) is 19.6 Å². The molecule has 0 radical (unpaired) electrons. The van der Waals surface area contributed by atoms with Crippen molar-refractivity contribution in [2.24, 2.45) is 0 Å². The predicted octanol–water partition coefficient (Wildman–Crippen LogP) is 1.50. The Morgan fingerprint density at radius 3 is 2.43 bits per heavy atom. The first-order valence-corrected chi connectivity index (χ1v) is 7.19. The Morgan fingerprint density at radius 1 is 1.00 bits per heavy atom. The molecule has 2 atom stereocenters. The Bertz CT molecular complexity index is 693. The number of halogens is 2. The number of para-hydroxylation sites is 1. The Morgan fingerprint density at radius 2 is 1.74 bits per heavy atom. The average Bonchev–Trinajstić information content (AvgIpc) is 2.54. The summed E-state index contributed by atoms with van der Waals surface area (Å²) in [5.74, 6) is -0.957. The zero-order chi connectivity index (χ0) is 16.2. The van der Waals surface area contributed by atoms with E-state index in [2.05, 4.69) is 21.5 Å². The highest BCUT2D eigenvalue weighted by Crippen LogP contribution is 2.13. The lowest BCUT2D eigenvalue weighted by atomic mass is 10.1. The van der Waals surface area contributed by atoms with Gasteiger partial charge >= 0.3 is 0 Å². The van der Waals surface area contributed by atoms with Gasteiger partial charge in [-0.3, -0.25) is 4.79 Å². The molecule has 5 nitrogen and oxygen atoms in total. The van der Waals surface area contributed by atoms with Gasteiger partial charge in [0.2, 0.25) is 5.91 Å². The van der Waals surface area contributed by atoms with E-state index in [0.29, 0.717) is 6.42 Å². The van der Waals surface area contributed by atoms with Crippen molar-refractivity contribution in [2.45, 2.75) is 18.8 Å². The summed E-state index contributed by atoms with van der Waals surface area (Å²) in [5.41, 5.74) is 6.87. The summed E-state index contributed by atoms with van der Waals surface area (Å²) in [6.45, 7) is 0. The Hall–Kier alpha value is -2.51. The molecule has 7 heteroatoms. The SMILES string of the molecule is O=C1NC(Nc2ccccc2F)NNC1Cc1ccc(F)cc1. The van der Waals surface area contributed by atoms with Crippen LogP contribution in [0.1, 0.15) is 5.56 Å². The van der Waals surface area contributed by atoms with Gasteiger partial charge in [-0.1, -0.05) is 24.3 Å². The third-order valence-electron chi connectivity index (χ3n) is 3.53. The van der Waals surface area contributed by atoms with Crippen LogP contribution in [-0.4, -0.2) is 18.2 Å². The van der Waals surface area contributed by atoms with Crippen molar-refractivity contribution < 1.29 is 13.6 Å². The molecule has 0 aliphatic carbocycles. The van der Waals surface area contributed by atoms with Gasteiger partial charge in [0.05, 0.1) is 5.69 Å². The quantitative estimate of drug-likeness (QED) is 0.690. The fourth-order valence-electron chi connectivity index (χ4n) is 2.33. The van der Waals surface area contributed by atoms with Crippen LogP contribution in [0.2, 0.25) is 0 Å². The molecule has 3 rings (SSSR count). The van der Waals surface area contributed by atoms with E-state index in [-0.39, 0.29) is 17.4 Å². The molecular weight excluding hydrogens is 302 g/mol. The number of rotatable bonds is 4. The number of hydrogen-bond acceptors (Lipinski definition) is 4. The highest BCUT2D eigenvalue weighted by Gasteiger charge is 2.27. The van der Waals surface area contributed by atoms with E-state index in [4.69, 9.17) is 0 Å². The van der Waals surface area contributed by atoms with Crippen LogP contribution in [0.25, 0.3) is 0 Å². The molecule has 1 aliphatic heterocycles. The van der Waals surface area contributed by atoms with Gasteiger partial charge in [0.25, 0.3) is 0 Å². The van der Waals surface area contributed by atoms with Crippen LogP contribution in [0.3, 0.4) is 0 Å². The van der Waals surface area contributed by atoms with Crippen molar-refractivity contribution in [3.05, 3.63) is 65.7 Å². The van der Waals surface area contributed by atoms with Crippen LogP contribution in [0.4, 0.5) is 14.5 Å². The lowest BCUT2D eigenvalue weighted by molar-refractivity contribution is -0.126. The summed E-state index contributed by atoms with van der Waals surface area (Å²) in [5, 5.41) is 5.55. The van der Waals surface area contributed by atoms with Gasteiger partial charge in [0, 0.05) is 0 Å². The monoisotopic (exact) mass is 318 g/mol. The molecule has 120 valence electrons. The molecule has 4 N–H and O–H groups in total. The van der Waals surface area contributed by atoms with Gasteiger partial charge in [0.1, 0.15) is 17.7 Å². The topological polar surface area (TPSA) is 65.2 Å². The molecule has 0 aromatic heterocycles. The molecule has 1 amide bonds. The first-order valence-electron chi connectivity index (χ1n) is 7.19. The van der Waals surface area contributed by atoms with Gasteiger partial charge < -0.3 is 10.6 Å². The second-order valence-corrected chi connectivity index (χ2v) is 5.24. The van der Waals surface area contributed by atoms with E-state index in [1.54, 1.807) is 30.3 Å². The van der Waals surface area contributed by atoms with Gasteiger partial charge in [0.15, 0.2) is 6.29 Å². The summed E-state index contributed by atoms with van der Waals surface area (Å²) in [6, 6.07) is 11.7. The van der Waals surface area contributed by atoms with Crippen LogP contribution >= 0.6 is 0 Å². The number of benzene rings is 2. The predicted molar refractivity (Wildman–Crippen MR) is 82.1 cm³/mol. The van der Waals surface area contributed by atoms with Gasteiger partial charge in [-0.15, -0.1) is 0 Å². The van der Waals surface area contributed by atoms with Crippen molar-refractivity contribution in [2.75, 3.05) is 5.32 Å². The summed E-state index contributed by atoms with van der Waals surface area (Å²) < 4.78 is 26.5. The average molecular weight is 318 g/mol. The molecule has 1 aliphatic rings. The van der Waals surface area contributed by atoms with Crippen LogP contribution < -0.4 is 21.5 Å². The van der Waals surface area contributed by atoms with E-state index in [0.717, 1.165) is 5.56 Å². The van der Waals surface area contributed by atoms with Crippen LogP contribution in [0.5, 0.6) is 0 Å². The van der Waals surface area contributed by atoms with Crippen molar-refractivity contribution in [1.29, 1.82) is 0 Å². The fraction of sp³-hybridized carbons (Fsp3) is 0.188. The molecule has 0 bridgehead atoms. The van der Waals surface area contributed by atoms with E-state index >= 15 is 0 Å². The maximum atomic E-state index is 13.6. The lowest BCUT2D eigenvalue weighted by Crippen LogP contribution is -2.68. The molecule has 2 unspecified atom stereocenters. The summed E-state index contributed by atoms with van der Waals surface area (Å²) in [6.07, 6.45) is -0.227. The number of carbonyl (C=O) groups excluding carboxylic acids is 1. The Labute approximate surface area is 132 Å². The zero-order valence-corrected chi connectivity index (χ0v) is 12.1. The van der Waals surface area contributed by atoms with E-state index in [9.17, 15) is 13.6 Å². The number of amides is 1. The largest absolute Gasteiger partial charge is 0.350 e. The van der Waals surface area contributed by atoms with E-state index < -0.39 is 18.1 Å². The molecule has 1 saturated heterocycles. The first-order chi connectivity index (χ1) is 11.1. The van der Waals surface area contributed by atoms with E-state index in [1.807, 2.05) is 0 Å². The van der Waals surface area contributed by atoms with Crippen molar-refractivity contribution in [1.82, 2.24) is 16.2 Å². The first kappa shape index (κ1) is 15.4. The maximum absolute atomic E-state index is 13.6. The molecule has 0 spiro atoms. The molecule has 2 aromatic rings. The van der Waals surface area contributed by atoms with Crippen LogP contribution in [0, 0.1) is 11.6 Å².